The van der Waals surface area contributed by atoms with E-state index in [1.165, 1.54) is 12.8 Å². The summed E-state index contributed by atoms with van der Waals surface area (Å²) < 4.78 is 0. The van der Waals surface area contributed by atoms with Crippen molar-refractivity contribution in [2.75, 3.05) is 26.2 Å². The van der Waals surface area contributed by atoms with Crippen LogP contribution in [0, 0.1) is 11.8 Å². The van der Waals surface area contributed by atoms with Gasteiger partial charge >= 0.3 is 5.97 Å². The first-order valence-corrected chi connectivity index (χ1v) is 6.41. The van der Waals surface area contributed by atoms with Gasteiger partial charge in [0, 0.05) is 6.54 Å². The summed E-state index contributed by atoms with van der Waals surface area (Å²) in [4.78, 5) is 13.9. The molecule has 3 saturated heterocycles. The smallest absolute Gasteiger partial charge is 0.325 e. The summed E-state index contributed by atoms with van der Waals surface area (Å²) in [5.74, 6) is 0.447. The molecule has 4 nitrogen and oxygen atoms in total. The average Bonchev–Trinajstić information content (AvgIpc) is 3.11. The number of carboxylic acids is 1. The normalized spacial score (nSPS) is 42.2. The molecule has 3 aliphatic heterocycles. The van der Waals surface area contributed by atoms with Crippen LogP contribution < -0.4 is 5.32 Å². The number of fused-ring (bicyclic) bond motifs is 3. The van der Waals surface area contributed by atoms with Crippen LogP contribution >= 0.6 is 0 Å². The van der Waals surface area contributed by atoms with Gasteiger partial charge in [-0.1, -0.05) is 0 Å². The second-order valence-electron chi connectivity index (χ2n) is 5.65. The number of carboxylic acid groups (broad SMARTS) is 1. The predicted molar refractivity (Wildman–Crippen MR) is 60.3 cm³/mol. The Kier molecular flexibility index (Phi) is 2.44. The zero-order valence-corrected chi connectivity index (χ0v) is 9.61. The highest BCUT2D eigenvalue weighted by molar-refractivity contribution is 5.80. The fraction of sp³-hybridized carbons (Fsp3) is 0.917. The van der Waals surface area contributed by atoms with Gasteiger partial charge in [-0.3, -0.25) is 4.79 Å². The van der Waals surface area contributed by atoms with E-state index in [0.717, 1.165) is 38.4 Å². The minimum atomic E-state index is -0.640. The van der Waals surface area contributed by atoms with E-state index in [1.54, 1.807) is 0 Å². The van der Waals surface area contributed by atoms with Gasteiger partial charge in [0.25, 0.3) is 0 Å². The third-order valence-electron chi connectivity index (χ3n) is 4.54. The van der Waals surface area contributed by atoms with Crippen molar-refractivity contribution in [1.82, 2.24) is 10.2 Å². The summed E-state index contributed by atoms with van der Waals surface area (Å²) >= 11 is 0. The fourth-order valence-corrected chi connectivity index (χ4v) is 3.23. The largest absolute Gasteiger partial charge is 0.480 e. The number of hydrogen-bond acceptors (Lipinski definition) is 3. The van der Waals surface area contributed by atoms with Crippen LogP contribution in [0.15, 0.2) is 0 Å². The van der Waals surface area contributed by atoms with E-state index in [2.05, 4.69) is 10.2 Å². The molecule has 16 heavy (non-hydrogen) atoms. The fourth-order valence-electron chi connectivity index (χ4n) is 3.23. The highest BCUT2D eigenvalue weighted by Crippen LogP contribution is 2.37. The van der Waals surface area contributed by atoms with Crippen molar-refractivity contribution in [2.24, 2.45) is 11.8 Å². The van der Waals surface area contributed by atoms with Crippen molar-refractivity contribution in [3.63, 3.8) is 0 Å². The van der Waals surface area contributed by atoms with Crippen molar-refractivity contribution in [1.29, 1.82) is 0 Å². The average molecular weight is 224 g/mol. The minimum Gasteiger partial charge on any atom is -0.480 e. The van der Waals surface area contributed by atoms with Crippen molar-refractivity contribution in [3.05, 3.63) is 0 Å². The van der Waals surface area contributed by atoms with Crippen molar-refractivity contribution < 1.29 is 9.90 Å². The molecule has 4 aliphatic rings. The number of rotatable bonds is 4. The zero-order chi connectivity index (χ0) is 11.2. The maximum Gasteiger partial charge on any atom is 0.325 e. The molecule has 0 aromatic heterocycles. The Morgan fingerprint density at radius 1 is 1.31 bits per heavy atom. The topological polar surface area (TPSA) is 52.6 Å². The summed E-state index contributed by atoms with van der Waals surface area (Å²) in [6.07, 6.45) is 4.64. The molecule has 4 rings (SSSR count). The van der Waals surface area contributed by atoms with E-state index in [4.69, 9.17) is 0 Å². The molecule has 0 aromatic rings. The van der Waals surface area contributed by atoms with Gasteiger partial charge < -0.3 is 15.3 Å². The lowest BCUT2D eigenvalue weighted by molar-refractivity contribution is -0.154. The maximum absolute atomic E-state index is 11.6. The summed E-state index contributed by atoms with van der Waals surface area (Å²) in [5, 5.41) is 12.9. The van der Waals surface area contributed by atoms with E-state index >= 15 is 0 Å². The molecule has 0 spiro atoms. The predicted octanol–water partition coefficient (Wildman–Crippen LogP) is 0.535. The maximum atomic E-state index is 11.6. The molecule has 0 aromatic carbocycles. The first-order chi connectivity index (χ1) is 7.71. The standard InChI is InChI=1S/C12H20N2O2/c15-11(16)12(13-7-9-1-2-9)8-14-5-3-10(12)4-6-14/h9-10,13H,1-8H2,(H,15,16). The molecule has 90 valence electrons. The molecule has 0 radical (unpaired) electrons. The number of hydrogen-bond donors (Lipinski definition) is 2. The first kappa shape index (κ1) is 10.5. The number of piperidine rings is 3. The lowest BCUT2D eigenvalue weighted by Crippen LogP contribution is -2.70. The van der Waals surface area contributed by atoms with Gasteiger partial charge in [-0.2, -0.15) is 0 Å². The Bertz CT molecular complexity index is 295. The second kappa shape index (κ2) is 3.70. The molecule has 1 saturated carbocycles. The lowest BCUT2D eigenvalue weighted by atomic mass is 9.72. The molecule has 3 heterocycles. The number of carbonyl (C=O) groups is 1. The van der Waals surface area contributed by atoms with Gasteiger partial charge in [0.2, 0.25) is 0 Å². The summed E-state index contributed by atoms with van der Waals surface area (Å²) in [6.45, 7) is 3.78. The molecular weight excluding hydrogens is 204 g/mol. The summed E-state index contributed by atoms with van der Waals surface area (Å²) in [7, 11) is 0. The molecule has 1 unspecified atom stereocenters. The van der Waals surface area contributed by atoms with Gasteiger partial charge in [-0.05, 0) is 57.2 Å². The summed E-state index contributed by atoms with van der Waals surface area (Å²) in [5.41, 5.74) is -0.640. The molecule has 0 amide bonds. The van der Waals surface area contributed by atoms with Gasteiger partial charge in [-0.25, -0.2) is 0 Å². The molecule has 2 N–H and O–H groups in total. The van der Waals surface area contributed by atoms with Crippen LogP contribution in [-0.4, -0.2) is 47.7 Å². The second-order valence-corrected chi connectivity index (χ2v) is 5.65. The molecule has 2 bridgehead atoms. The van der Waals surface area contributed by atoms with E-state index in [0.29, 0.717) is 12.5 Å². The SMILES string of the molecule is O=C(O)C1(NCC2CC2)CN2CCC1CC2. The number of nitrogens with one attached hydrogen (secondary N) is 1. The van der Waals surface area contributed by atoms with Crippen molar-refractivity contribution in [3.8, 4) is 0 Å². The Balaban J connectivity index is 1.75. The van der Waals surface area contributed by atoms with Gasteiger partial charge in [0.1, 0.15) is 5.54 Å². The Hall–Kier alpha value is -0.610. The van der Waals surface area contributed by atoms with Crippen LogP contribution in [-0.2, 0) is 4.79 Å². The number of aliphatic carboxylic acids is 1. The van der Waals surface area contributed by atoms with Crippen LogP contribution in [0.3, 0.4) is 0 Å². The molecule has 4 heteroatoms. The quantitative estimate of drug-likeness (QED) is 0.731. The van der Waals surface area contributed by atoms with Crippen LogP contribution in [0.5, 0.6) is 0 Å². The van der Waals surface area contributed by atoms with E-state index in [-0.39, 0.29) is 0 Å². The monoisotopic (exact) mass is 224 g/mol. The van der Waals surface area contributed by atoms with Gasteiger partial charge in [-0.15, -0.1) is 0 Å². The van der Waals surface area contributed by atoms with Crippen LogP contribution in [0.4, 0.5) is 0 Å². The summed E-state index contributed by atoms with van der Waals surface area (Å²) in [6, 6.07) is 0. The third-order valence-corrected chi connectivity index (χ3v) is 4.54. The highest BCUT2D eigenvalue weighted by atomic mass is 16.4. The van der Waals surface area contributed by atoms with Gasteiger partial charge in [0.15, 0.2) is 0 Å². The van der Waals surface area contributed by atoms with Gasteiger partial charge in [0.05, 0.1) is 0 Å². The first-order valence-electron chi connectivity index (χ1n) is 6.41. The molecule has 4 fully saturated rings. The van der Waals surface area contributed by atoms with Crippen molar-refractivity contribution in [2.45, 2.75) is 31.2 Å². The van der Waals surface area contributed by atoms with Crippen molar-refractivity contribution >= 4 is 5.97 Å². The van der Waals surface area contributed by atoms with E-state index in [1.807, 2.05) is 0 Å². The zero-order valence-electron chi connectivity index (χ0n) is 9.61. The third kappa shape index (κ3) is 1.64. The lowest BCUT2D eigenvalue weighted by Gasteiger charge is -2.51. The van der Waals surface area contributed by atoms with Crippen LogP contribution in [0.1, 0.15) is 25.7 Å². The molecule has 1 atom stereocenters. The number of nitrogens with zero attached hydrogens (tertiary/aromatic N) is 1. The Morgan fingerprint density at radius 2 is 2.00 bits per heavy atom. The van der Waals surface area contributed by atoms with E-state index in [9.17, 15) is 9.90 Å². The Morgan fingerprint density at radius 3 is 2.44 bits per heavy atom. The highest BCUT2D eigenvalue weighted by Gasteiger charge is 2.52. The van der Waals surface area contributed by atoms with Crippen LogP contribution in [0.25, 0.3) is 0 Å². The molecule has 1 aliphatic carbocycles. The minimum absolute atomic E-state index is 0.341. The Labute approximate surface area is 96.0 Å². The van der Waals surface area contributed by atoms with Crippen LogP contribution in [0.2, 0.25) is 0 Å². The molecular formula is C12H20N2O2. The van der Waals surface area contributed by atoms with E-state index < -0.39 is 11.5 Å².